The molecule has 3 nitrogen and oxygen atoms in total. The number of rotatable bonds is 2. The number of halogens is 1. The van der Waals surface area contributed by atoms with Crippen molar-refractivity contribution in [1.29, 1.82) is 0 Å². The molecule has 3 rings (SSSR count). The minimum Gasteiger partial charge on any atom is -0.236 e. The van der Waals surface area contributed by atoms with Crippen LogP contribution in [0.2, 0.25) is 0 Å². The molecule has 0 unspecified atom stereocenters. The van der Waals surface area contributed by atoms with Crippen LogP contribution in [0.1, 0.15) is 5.56 Å². The van der Waals surface area contributed by atoms with Crippen molar-refractivity contribution in [2.24, 2.45) is 0 Å². The number of benzene rings is 1. The lowest BCUT2D eigenvalue weighted by molar-refractivity contribution is 0.840. The number of hydrogen-bond acceptors (Lipinski definition) is 2. The third kappa shape index (κ3) is 2.44. The smallest absolute Gasteiger partial charge is 0.167 e. The molecule has 2 aromatic heterocycles. The molecule has 0 saturated carbocycles. The Balaban J connectivity index is 2.02. The van der Waals surface area contributed by atoms with Crippen LogP contribution in [0.15, 0.2) is 59.5 Å². The zero-order valence-corrected chi connectivity index (χ0v) is 12.0. The molecule has 19 heavy (non-hydrogen) atoms. The summed E-state index contributed by atoms with van der Waals surface area (Å²) in [5.74, 6) is 0.799. The molecule has 0 aliphatic rings. The number of pyridine rings is 1. The van der Waals surface area contributed by atoms with Crippen LogP contribution in [0.3, 0.4) is 0 Å². The van der Waals surface area contributed by atoms with Gasteiger partial charge in [0.2, 0.25) is 0 Å². The van der Waals surface area contributed by atoms with Gasteiger partial charge in [0.15, 0.2) is 5.82 Å². The summed E-state index contributed by atoms with van der Waals surface area (Å²) < 4.78 is 2.72. The van der Waals surface area contributed by atoms with Crippen molar-refractivity contribution in [3.63, 3.8) is 0 Å². The normalized spacial score (nSPS) is 10.6. The van der Waals surface area contributed by atoms with E-state index >= 15 is 0 Å². The van der Waals surface area contributed by atoms with E-state index in [2.05, 4.69) is 38.1 Å². The monoisotopic (exact) mass is 313 g/mol. The molecule has 2 heterocycles. The van der Waals surface area contributed by atoms with Gasteiger partial charge in [0.05, 0.1) is 10.7 Å². The van der Waals surface area contributed by atoms with Crippen LogP contribution >= 0.6 is 15.9 Å². The lowest BCUT2D eigenvalue weighted by atomic mass is 10.1. The Kier molecular flexibility index (Phi) is 3.17. The van der Waals surface area contributed by atoms with Crippen LogP contribution in [0.25, 0.3) is 16.9 Å². The van der Waals surface area contributed by atoms with Crippen molar-refractivity contribution in [3.05, 3.63) is 65.0 Å². The largest absolute Gasteiger partial charge is 0.236 e. The molecule has 0 radical (unpaired) electrons. The number of aromatic nitrogens is 3. The van der Waals surface area contributed by atoms with E-state index in [4.69, 9.17) is 0 Å². The molecule has 0 aliphatic heterocycles. The van der Waals surface area contributed by atoms with E-state index in [1.54, 1.807) is 4.68 Å². The average Bonchev–Trinajstić information content (AvgIpc) is 2.89. The van der Waals surface area contributed by atoms with Gasteiger partial charge in [-0.15, -0.1) is 0 Å². The lowest BCUT2D eigenvalue weighted by Crippen LogP contribution is -1.99. The SMILES string of the molecule is Cc1cnc(-n2cc(-c3ccccc3)cn2)c(Br)c1. The first-order chi connectivity index (χ1) is 9.24. The Hall–Kier alpha value is -1.94. The molecular weight excluding hydrogens is 302 g/mol. The topological polar surface area (TPSA) is 30.7 Å². The van der Waals surface area contributed by atoms with Gasteiger partial charge in [-0.3, -0.25) is 0 Å². The van der Waals surface area contributed by atoms with Gasteiger partial charge in [-0.1, -0.05) is 30.3 Å². The Labute approximate surface area is 120 Å². The second-order valence-corrected chi connectivity index (χ2v) is 5.21. The van der Waals surface area contributed by atoms with Crippen molar-refractivity contribution in [2.45, 2.75) is 6.92 Å². The first kappa shape index (κ1) is 12.1. The number of aryl methyl sites for hydroxylation is 1. The fourth-order valence-electron chi connectivity index (χ4n) is 1.91. The number of nitrogens with zero attached hydrogens (tertiary/aromatic N) is 3. The van der Waals surface area contributed by atoms with Crippen molar-refractivity contribution >= 4 is 15.9 Å². The summed E-state index contributed by atoms with van der Waals surface area (Å²) in [5, 5.41) is 4.38. The zero-order chi connectivity index (χ0) is 13.2. The van der Waals surface area contributed by atoms with Gasteiger partial charge in [-0.05, 0) is 40.0 Å². The molecule has 0 aliphatic carbocycles. The Morgan fingerprint density at radius 1 is 1.05 bits per heavy atom. The molecule has 0 atom stereocenters. The molecule has 1 aromatic carbocycles. The van der Waals surface area contributed by atoms with Gasteiger partial charge < -0.3 is 0 Å². The summed E-state index contributed by atoms with van der Waals surface area (Å²) in [6, 6.07) is 12.2. The maximum atomic E-state index is 4.41. The predicted octanol–water partition coefficient (Wildman–Crippen LogP) is 4.01. The third-order valence-electron chi connectivity index (χ3n) is 2.87. The molecule has 4 heteroatoms. The molecule has 0 amide bonds. The van der Waals surface area contributed by atoms with Crippen LogP contribution in [0, 0.1) is 6.92 Å². The van der Waals surface area contributed by atoms with Gasteiger partial charge in [-0.2, -0.15) is 5.10 Å². The highest BCUT2D eigenvalue weighted by atomic mass is 79.9. The standard InChI is InChI=1S/C15H12BrN3/c1-11-7-14(16)15(17-8-11)19-10-13(9-18-19)12-5-3-2-4-6-12/h2-10H,1H3. The molecule has 94 valence electrons. The summed E-state index contributed by atoms with van der Waals surface area (Å²) in [7, 11) is 0. The van der Waals surface area contributed by atoms with E-state index < -0.39 is 0 Å². The maximum Gasteiger partial charge on any atom is 0.167 e. The van der Waals surface area contributed by atoms with E-state index in [0.717, 1.165) is 27.0 Å². The average molecular weight is 314 g/mol. The van der Waals surface area contributed by atoms with E-state index in [0.29, 0.717) is 0 Å². The second kappa shape index (κ2) is 4.97. The minimum absolute atomic E-state index is 0.799. The first-order valence-electron chi connectivity index (χ1n) is 5.96. The molecule has 0 spiro atoms. The van der Waals surface area contributed by atoms with E-state index in [9.17, 15) is 0 Å². The fraction of sp³-hybridized carbons (Fsp3) is 0.0667. The lowest BCUT2D eigenvalue weighted by Gasteiger charge is -2.03. The van der Waals surface area contributed by atoms with Crippen LogP contribution < -0.4 is 0 Å². The summed E-state index contributed by atoms with van der Waals surface area (Å²) in [4.78, 5) is 4.41. The zero-order valence-electron chi connectivity index (χ0n) is 10.4. The van der Waals surface area contributed by atoms with Crippen molar-refractivity contribution < 1.29 is 0 Å². The van der Waals surface area contributed by atoms with E-state index in [1.165, 1.54) is 0 Å². The molecule has 0 fully saturated rings. The van der Waals surface area contributed by atoms with Crippen molar-refractivity contribution in [2.75, 3.05) is 0 Å². The highest BCUT2D eigenvalue weighted by Gasteiger charge is 2.07. The summed E-state index contributed by atoms with van der Waals surface area (Å²) in [5.41, 5.74) is 3.35. The maximum absolute atomic E-state index is 4.41. The second-order valence-electron chi connectivity index (χ2n) is 4.36. The summed E-state index contributed by atoms with van der Waals surface area (Å²) >= 11 is 3.53. The highest BCUT2D eigenvalue weighted by molar-refractivity contribution is 9.10. The fourth-order valence-corrected chi connectivity index (χ4v) is 2.56. The molecule has 0 bridgehead atoms. The van der Waals surface area contributed by atoms with E-state index in [-0.39, 0.29) is 0 Å². The van der Waals surface area contributed by atoms with Gasteiger partial charge >= 0.3 is 0 Å². The van der Waals surface area contributed by atoms with Gasteiger partial charge in [0.25, 0.3) is 0 Å². The van der Waals surface area contributed by atoms with Gasteiger partial charge in [0.1, 0.15) is 0 Å². The third-order valence-corrected chi connectivity index (χ3v) is 3.45. The van der Waals surface area contributed by atoms with Crippen LogP contribution in [0.5, 0.6) is 0 Å². The minimum atomic E-state index is 0.799. The predicted molar refractivity (Wildman–Crippen MR) is 79.2 cm³/mol. The molecule has 0 N–H and O–H groups in total. The van der Waals surface area contributed by atoms with Crippen molar-refractivity contribution in [3.8, 4) is 16.9 Å². The van der Waals surface area contributed by atoms with Crippen molar-refractivity contribution in [1.82, 2.24) is 14.8 Å². The van der Waals surface area contributed by atoms with E-state index in [1.807, 2.05) is 49.8 Å². The van der Waals surface area contributed by atoms with Crippen LogP contribution in [-0.2, 0) is 0 Å². The van der Waals surface area contributed by atoms with Crippen LogP contribution in [-0.4, -0.2) is 14.8 Å². The van der Waals surface area contributed by atoms with Gasteiger partial charge in [0, 0.05) is 18.0 Å². The molecular formula is C15H12BrN3. The number of hydrogen-bond donors (Lipinski definition) is 0. The molecule has 3 aromatic rings. The first-order valence-corrected chi connectivity index (χ1v) is 6.76. The highest BCUT2D eigenvalue weighted by Crippen LogP contribution is 2.23. The summed E-state index contributed by atoms with van der Waals surface area (Å²) in [6.45, 7) is 2.01. The Bertz CT molecular complexity index is 704. The summed E-state index contributed by atoms with van der Waals surface area (Å²) in [6.07, 6.45) is 5.67. The Morgan fingerprint density at radius 3 is 2.58 bits per heavy atom. The van der Waals surface area contributed by atoms with Crippen LogP contribution in [0.4, 0.5) is 0 Å². The molecule has 0 saturated heterocycles. The van der Waals surface area contributed by atoms with Gasteiger partial charge in [-0.25, -0.2) is 9.67 Å². The Morgan fingerprint density at radius 2 is 1.84 bits per heavy atom. The quantitative estimate of drug-likeness (QED) is 0.715.